The lowest BCUT2D eigenvalue weighted by atomic mass is 9.51. The van der Waals surface area contributed by atoms with Crippen molar-refractivity contribution in [3.63, 3.8) is 0 Å². The molecule has 1 amide bonds. The smallest absolute Gasteiger partial charge is 0.303 e. The Kier molecular flexibility index (Phi) is 13.3. The van der Waals surface area contributed by atoms with Crippen LogP contribution in [0.1, 0.15) is 85.5 Å². The number of allylic oxidation sites excluding steroid dienone is 2. The topological polar surface area (TPSA) is 146 Å². The van der Waals surface area contributed by atoms with Gasteiger partial charge in [0.1, 0.15) is 6.10 Å². The molecule has 44 heavy (non-hydrogen) atoms. The minimum atomic E-state index is -0.449. The Bertz CT molecular complexity index is 1030. The van der Waals surface area contributed by atoms with E-state index >= 15 is 0 Å². The predicted octanol–water partition coefficient (Wildman–Crippen LogP) is 3.06. The Balaban J connectivity index is 1.53. The average Bonchev–Trinajstić information content (AvgIpc) is 3.32. The van der Waals surface area contributed by atoms with E-state index in [2.05, 4.69) is 42.8 Å². The first-order valence-corrected chi connectivity index (χ1v) is 17.4. The van der Waals surface area contributed by atoms with Crippen LogP contribution in [0.25, 0.3) is 0 Å². The van der Waals surface area contributed by atoms with Gasteiger partial charge in [-0.05, 0) is 125 Å². The fraction of sp³-hybridized carbons (Fsp3) is 0.829. The first-order valence-electron chi connectivity index (χ1n) is 17.4. The highest BCUT2D eigenvalue weighted by Gasteiger charge is 2.57. The van der Waals surface area contributed by atoms with E-state index in [1.54, 1.807) is 0 Å². The summed E-state index contributed by atoms with van der Waals surface area (Å²) in [5, 5.41) is 32.2. The first-order chi connectivity index (χ1) is 21.1. The van der Waals surface area contributed by atoms with Crippen LogP contribution in [0, 0.1) is 41.4 Å². The van der Waals surface area contributed by atoms with E-state index in [-0.39, 0.29) is 41.7 Å². The highest BCUT2D eigenvalue weighted by atomic mass is 16.5. The maximum atomic E-state index is 13.9. The maximum Gasteiger partial charge on any atom is 0.303 e. The second-order valence-corrected chi connectivity index (χ2v) is 14.2. The van der Waals surface area contributed by atoms with Crippen molar-refractivity contribution < 1.29 is 24.5 Å². The zero-order valence-corrected chi connectivity index (χ0v) is 27.7. The highest BCUT2D eigenvalue weighted by molar-refractivity contribution is 5.94. The fourth-order valence-electron chi connectivity index (χ4n) is 9.31. The molecular formula is C35H60N4O5. The molecule has 0 saturated heterocycles. The van der Waals surface area contributed by atoms with Crippen LogP contribution >= 0.6 is 0 Å². The van der Waals surface area contributed by atoms with Gasteiger partial charge in [0, 0.05) is 45.2 Å². The standard InChI is InChI=1S/C35H60N4O5/c1-21(2)7-5-8-27(35(43)39-15-6-14-37-17-18-38-16-13-36)34-29-19-31(42)33-25-11-12-30(41)22(3)24(25)9-10-26(33)28(29)20-32(34)44-23(4)40/h7,22,24-26,28-33,37-38,41-42H,5-6,8-20,36H2,1-4H3,(H,39,43)/b34-27-/t22-,24?,25?,26?,28?,29?,30+,31?,32?,33?/m0/s1. The van der Waals surface area contributed by atoms with E-state index in [1.807, 2.05) is 0 Å². The monoisotopic (exact) mass is 616 g/mol. The largest absolute Gasteiger partial charge is 0.458 e. The van der Waals surface area contributed by atoms with Gasteiger partial charge >= 0.3 is 5.97 Å². The van der Waals surface area contributed by atoms with Crippen LogP contribution < -0.4 is 21.7 Å². The van der Waals surface area contributed by atoms with Crippen molar-refractivity contribution in [1.29, 1.82) is 0 Å². The number of aliphatic hydroxyl groups excluding tert-OH is 2. The molecule has 250 valence electrons. The van der Waals surface area contributed by atoms with Gasteiger partial charge in [-0.1, -0.05) is 18.6 Å². The summed E-state index contributed by atoms with van der Waals surface area (Å²) in [6, 6.07) is 0. The van der Waals surface area contributed by atoms with Gasteiger partial charge in [-0.3, -0.25) is 9.59 Å². The lowest BCUT2D eigenvalue weighted by molar-refractivity contribution is -0.145. The summed E-state index contributed by atoms with van der Waals surface area (Å²) >= 11 is 0. The number of amides is 1. The van der Waals surface area contributed by atoms with E-state index in [0.29, 0.717) is 43.7 Å². The Morgan fingerprint density at radius 1 is 0.886 bits per heavy atom. The molecule has 4 rings (SSSR count). The Morgan fingerprint density at radius 2 is 1.57 bits per heavy atom. The van der Waals surface area contributed by atoms with Crippen molar-refractivity contribution >= 4 is 11.9 Å². The molecule has 9 heteroatoms. The number of rotatable bonds is 14. The summed E-state index contributed by atoms with van der Waals surface area (Å²) in [6.45, 7) is 12.3. The molecule has 0 radical (unpaired) electrons. The number of aliphatic hydroxyl groups is 2. The van der Waals surface area contributed by atoms with E-state index in [0.717, 1.165) is 82.3 Å². The molecule has 8 unspecified atom stereocenters. The number of carbonyl (C=O) groups is 2. The van der Waals surface area contributed by atoms with Gasteiger partial charge in [-0.2, -0.15) is 0 Å². The second-order valence-electron chi connectivity index (χ2n) is 14.2. The average molecular weight is 617 g/mol. The summed E-state index contributed by atoms with van der Waals surface area (Å²) in [6.07, 6.45) is 8.40. The van der Waals surface area contributed by atoms with Gasteiger partial charge in [0.25, 0.3) is 0 Å². The van der Waals surface area contributed by atoms with Crippen LogP contribution in [0.2, 0.25) is 0 Å². The maximum absolute atomic E-state index is 13.9. The van der Waals surface area contributed by atoms with Crippen molar-refractivity contribution in [3.8, 4) is 0 Å². The lowest BCUT2D eigenvalue weighted by Crippen LogP contribution is -2.53. The summed E-state index contributed by atoms with van der Waals surface area (Å²) in [7, 11) is 0. The number of carbonyl (C=O) groups excluding carboxylic acids is 2. The molecule has 7 N–H and O–H groups in total. The van der Waals surface area contributed by atoms with Crippen molar-refractivity contribution in [3.05, 3.63) is 22.8 Å². The van der Waals surface area contributed by atoms with Crippen LogP contribution in [0.3, 0.4) is 0 Å². The minimum Gasteiger partial charge on any atom is -0.458 e. The predicted molar refractivity (Wildman–Crippen MR) is 173 cm³/mol. The molecule has 10 atom stereocenters. The van der Waals surface area contributed by atoms with E-state index in [1.165, 1.54) is 12.5 Å². The summed E-state index contributed by atoms with van der Waals surface area (Å²) in [4.78, 5) is 26.2. The molecule has 9 nitrogen and oxygen atoms in total. The Hall–Kier alpha value is -1.78. The van der Waals surface area contributed by atoms with Gasteiger partial charge in [-0.25, -0.2) is 0 Å². The van der Waals surface area contributed by atoms with Gasteiger partial charge < -0.3 is 36.6 Å². The number of nitrogens with two attached hydrogens (primary N) is 1. The normalized spacial score (nSPS) is 35.6. The van der Waals surface area contributed by atoms with Gasteiger partial charge in [0.2, 0.25) is 5.91 Å². The van der Waals surface area contributed by atoms with Crippen LogP contribution in [-0.4, -0.2) is 79.7 Å². The van der Waals surface area contributed by atoms with Crippen molar-refractivity contribution in [2.24, 2.45) is 47.2 Å². The molecule has 4 aliphatic rings. The van der Waals surface area contributed by atoms with Crippen LogP contribution in [-0.2, 0) is 14.3 Å². The zero-order chi connectivity index (χ0) is 31.8. The molecule has 0 aliphatic heterocycles. The SMILES string of the molecule is CC(=O)OC1CC2C(CC(O)C3C2CCC2C3CC[C@@H](O)[C@H]2C)/C1=C(\CCC=C(C)C)C(=O)NCCCNCCNCCN. The van der Waals surface area contributed by atoms with Crippen molar-refractivity contribution in [2.75, 3.05) is 39.3 Å². The van der Waals surface area contributed by atoms with Crippen molar-refractivity contribution in [1.82, 2.24) is 16.0 Å². The third-order valence-corrected chi connectivity index (χ3v) is 11.2. The molecular weight excluding hydrogens is 556 g/mol. The molecule has 4 aliphatic carbocycles. The van der Waals surface area contributed by atoms with E-state index in [4.69, 9.17) is 10.5 Å². The van der Waals surface area contributed by atoms with Crippen LogP contribution in [0.15, 0.2) is 22.8 Å². The van der Waals surface area contributed by atoms with Gasteiger partial charge in [-0.15, -0.1) is 0 Å². The number of hydrogen-bond donors (Lipinski definition) is 6. The molecule has 4 fully saturated rings. The van der Waals surface area contributed by atoms with Gasteiger partial charge in [0.15, 0.2) is 0 Å². The molecule has 0 aromatic carbocycles. The molecule has 0 aromatic heterocycles. The number of fused-ring (bicyclic) bond motifs is 5. The first kappa shape index (κ1) is 35.1. The van der Waals surface area contributed by atoms with E-state index < -0.39 is 12.2 Å². The second kappa shape index (κ2) is 16.7. The molecule has 0 bridgehead atoms. The van der Waals surface area contributed by atoms with Crippen molar-refractivity contribution in [2.45, 2.75) is 104 Å². The highest BCUT2D eigenvalue weighted by Crippen LogP contribution is 2.60. The molecule has 0 heterocycles. The molecule has 0 spiro atoms. The molecule has 0 aromatic rings. The molecule has 4 saturated carbocycles. The fourth-order valence-corrected chi connectivity index (χ4v) is 9.31. The third kappa shape index (κ3) is 8.52. The Morgan fingerprint density at radius 3 is 2.27 bits per heavy atom. The quantitative estimate of drug-likeness (QED) is 0.0756. The lowest BCUT2D eigenvalue weighted by Gasteiger charge is -2.55. The number of esters is 1. The summed E-state index contributed by atoms with van der Waals surface area (Å²) < 4.78 is 5.99. The van der Waals surface area contributed by atoms with Crippen LogP contribution in [0.5, 0.6) is 0 Å². The number of hydrogen-bond acceptors (Lipinski definition) is 8. The minimum absolute atomic E-state index is 0.0360. The number of ether oxygens (including phenoxy) is 1. The van der Waals surface area contributed by atoms with E-state index in [9.17, 15) is 19.8 Å². The Labute approximate surface area is 265 Å². The summed E-state index contributed by atoms with van der Waals surface area (Å²) in [5.74, 6) is 1.63. The van der Waals surface area contributed by atoms with Crippen LogP contribution in [0.4, 0.5) is 0 Å². The number of nitrogens with one attached hydrogen (secondary N) is 3. The van der Waals surface area contributed by atoms with Gasteiger partial charge in [0.05, 0.1) is 12.2 Å². The zero-order valence-electron chi connectivity index (χ0n) is 27.7. The third-order valence-electron chi connectivity index (χ3n) is 11.2. The summed E-state index contributed by atoms with van der Waals surface area (Å²) in [5.41, 5.74) is 8.43.